The number of rotatable bonds is 8. The predicted molar refractivity (Wildman–Crippen MR) is 113 cm³/mol. The third-order valence-corrected chi connectivity index (χ3v) is 5.71. The summed E-state index contributed by atoms with van der Waals surface area (Å²) in [5.74, 6) is 1.38. The van der Waals surface area contributed by atoms with E-state index >= 15 is 0 Å². The summed E-state index contributed by atoms with van der Waals surface area (Å²) in [6, 6.07) is 14.4. The van der Waals surface area contributed by atoms with Crippen LogP contribution in [-0.2, 0) is 6.54 Å². The molecule has 0 spiro atoms. The third-order valence-electron chi connectivity index (χ3n) is 4.55. The lowest BCUT2D eigenvalue weighted by Crippen LogP contribution is -2.01. The quantitative estimate of drug-likeness (QED) is 0.530. The van der Waals surface area contributed by atoms with Gasteiger partial charge in [0.2, 0.25) is 0 Å². The number of nitrogens with zero attached hydrogens (tertiary/aromatic N) is 1. The molecule has 1 saturated carbocycles. The van der Waals surface area contributed by atoms with Crippen LogP contribution in [0.1, 0.15) is 18.4 Å². The Hall–Kier alpha value is -2.60. The number of aromatic nitrogens is 1. The molecule has 2 N–H and O–H groups in total. The highest BCUT2D eigenvalue weighted by Crippen LogP contribution is 2.35. The molecule has 1 heterocycles. The van der Waals surface area contributed by atoms with Crippen LogP contribution in [0.2, 0.25) is 0 Å². The largest absolute Gasteiger partial charge is 0.493 e. The van der Waals surface area contributed by atoms with E-state index in [9.17, 15) is 0 Å². The van der Waals surface area contributed by atoms with Crippen molar-refractivity contribution in [2.24, 2.45) is 0 Å². The molecule has 1 fully saturated rings. The van der Waals surface area contributed by atoms with Gasteiger partial charge in [0, 0.05) is 40.8 Å². The van der Waals surface area contributed by atoms with E-state index in [-0.39, 0.29) is 0 Å². The second-order valence-corrected chi connectivity index (χ2v) is 7.66. The molecule has 1 aromatic heterocycles. The number of ether oxygens (including phenoxy) is 2. The summed E-state index contributed by atoms with van der Waals surface area (Å²) in [6.07, 6.45) is 4.46. The van der Waals surface area contributed by atoms with Gasteiger partial charge in [-0.2, -0.15) is 0 Å². The van der Waals surface area contributed by atoms with Gasteiger partial charge in [0.15, 0.2) is 11.5 Å². The van der Waals surface area contributed by atoms with Crippen molar-refractivity contribution in [2.45, 2.75) is 24.6 Å². The van der Waals surface area contributed by atoms with Gasteiger partial charge < -0.3 is 19.5 Å². The van der Waals surface area contributed by atoms with Gasteiger partial charge in [0.25, 0.3) is 0 Å². The lowest BCUT2D eigenvalue weighted by Gasteiger charge is -2.13. The van der Waals surface area contributed by atoms with Gasteiger partial charge in [-0.3, -0.25) is 4.98 Å². The molecule has 3 aromatic rings. The van der Waals surface area contributed by atoms with Crippen LogP contribution in [0.25, 0.3) is 10.9 Å². The first-order valence-corrected chi connectivity index (χ1v) is 9.90. The highest BCUT2D eigenvalue weighted by molar-refractivity contribution is 8.01. The number of fused-ring (bicyclic) bond motifs is 1. The summed E-state index contributed by atoms with van der Waals surface area (Å²) < 4.78 is 14.2. The average Bonchev–Trinajstić information content (AvgIpc) is 3.55. The summed E-state index contributed by atoms with van der Waals surface area (Å²) in [4.78, 5) is 4.45. The van der Waals surface area contributed by atoms with Crippen molar-refractivity contribution in [3.8, 4) is 11.5 Å². The molecule has 140 valence electrons. The average molecular weight is 382 g/mol. The Kier molecular flexibility index (Phi) is 5.25. The van der Waals surface area contributed by atoms with Crippen molar-refractivity contribution in [3.05, 3.63) is 54.2 Å². The number of hydrogen-bond acceptors (Lipinski definition) is 6. The SMILES string of the molecule is COc1cc2nccc(NCc3ccc(NSC4CC4)cc3)c2cc1OC. The second kappa shape index (κ2) is 7.96. The number of benzene rings is 2. The van der Waals surface area contributed by atoms with Crippen LogP contribution in [0.5, 0.6) is 11.5 Å². The van der Waals surface area contributed by atoms with Gasteiger partial charge in [-0.1, -0.05) is 12.1 Å². The topological polar surface area (TPSA) is 55.4 Å². The van der Waals surface area contributed by atoms with Crippen molar-refractivity contribution < 1.29 is 9.47 Å². The predicted octanol–water partition coefficient (Wildman–Crippen LogP) is 5.09. The Labute approximate surface area is 163 Å². The van der Waals surface area contributed by atoms with Gasteiger partial charge in [0.1, 0.15) is 0 Å². The van der Waals surface area contributed by atoms with Crippen LogP contribution in [0.15, 0.2) is 48.7 Å². The molecule has 5 nitrogen and oxygen atoms in total. The molecule has 1 aliphatic rings. The van der Waals surface area contributed by atoms with Gasteiger partial charge in [-0.05, 0) is 54.6 Å². The number of hydrogen-bond donors (Lipinski definition) is 2. The molecule has 1 aliphatic carbocycles. The zero-order valence-electron chi connectivity index (χ0n) is 15.5. The number of anilines is 2. The van der Waals surface area contributed by atoms with Crippen LogP contribution < -0.4 is 19.5 Å². The minimum absolute atomic E-state index is 0.682. The summed E-state index contributed by atoms with van der Waals surface area (Å²) in [5, 5.41) is 5.31. The smallest absolute Gasteiger partial charge is 0.162 e. The van der Waals surface area contributed by atoms with E-state index in [4.69, 9.17) is 9.47 Å². The molecule has 0 atom stereocenters. The molecule has 27 heavy (non-hydrogen) atoms. The Balaban J connectivity index is 1.47. The zero-order valence-corrected chi connectivity index (χ0v) is 16.3. The molecule has 0 aliphatic heterocycles. The number of methoxy groups -OCH3 is 2. The minimum atomic E-state index is 0.682. The standard InChI is InChI=1S/C21H23N3O2S/c1-25-20-11-17-18(9-10-22-19(17)12-21(20)26-2)23-13-14-3-5-15(6-4-14)24-27-16-7-8-16/h3-6,9-12,16,24H,7-8,13H2,1-2H3,(H,22,23). The zero-order chi connectivity index (χ0) is 18.6. The molecule has 6 heteroatoms. The second-order valence-electron chi connectivity index (χ2n) is 6.55. The van der Waals surface area contributed by atoms with Crippen molar-refractivity contribution in [1.29, 1.82) is 0 Å². The maximum absolute atomic E-state index is 5.43. The third kappa shape index (κ3) is 4.22. The first kappa shape index (κ1) is 17.8. The highest BCUT2D eigenvalue weighted by atomic mass is 32.2. The van der Waals surface area contributed by atoms with Gasteiger partial charge in [-0.25, -0.2) is 0 Å². The maximum atomic E-state index is 5.43. The molecular weight excluding hydrogens is 358 g/mol. The summed E-state index contributed by atoms with van der Waals surface area (Å²) in [6.45, 7) is 0.740. The molecule has 0 radical (unpaired) electrons. The highest BCUT2D eigenvalue weighted by Gasteiger charge is 2.21. The summed E-state index contributed by atoms with van der Waals surface area (Å²) in [5.41, 5.74) is 4.27. The Morgan fingerprint density at radius 2 is 1.78 bits per heavy atom. The van der Waals surface area contributed by atoms with E-state index in [1.54, 1.807) is 20.4 Å². The molecule has 0 bridgehead atoms. The van der Waals surface area contributed by atoms with Gasteiger partial charge in [-0.15, -0.1) is 0 Å². The summed E-state index contributed by atoms with van der Waals surface area (Å²) >= 11 is 1.82. The van der Waals surface area contributed by atoms with Gasteiger partial charge in [0.05, 0.1) is 19.7 Å². The first-order valence-electron chi connectivity index (χ1n) is 9.02. The fraction of sp³-hybridized carbons (Fsp3) is 0.286. The van der Waals surface area contributed by atoms with Crippen LogP contribution in [-0.4, -0.2) is 24.5 Å². The molecule has 4 rings (SSSR count). The molecule has 0 saturated heterocycles. The normalized spacial score (nSPS) is 13.4. The maximum Gasteiger partial charge on any atom is 0.162 e. The van der Waals surface area contributed by atoms with E-state index < -0.39 is 0 Å². The van der Waals surface area contributed by atoms with Crippen molar-refractivity contribution in [1.82, 2.24) is 4.98 Å². The van der Waals surface area contributed by atoms with Crippen molar-refractivity contribution >= 4 is 34.2 Å². The first-order chi connectivity index (χ1) is 13.3. The molecule has 0 amide bonds. The van der Waals surface area contributed by atoms with Crippen molar-refractivity contribution in [3.63, 3.8) is 0 Å². The minimum Gasteiger partial charge on any atom is -0.493 e. The van der Waals surface area contributed by atoms with Gasteiger partial charge >= 0.3 is 0 Å². The van der Waals surface area contributed by atoms with E-state index in [0.717, 1.165) is 34.1 Å². The Morgan fingerprint density at radius 3 is 2.48 bits per heavy atom. The lowest BCUT2D eigenvalue weighted by molar-refractivity contribution is 0.356. The molecular formula is C21H23N3O2S. The van der Waals surface area contributed by atoms with E-state index in [1.807, 2.05) is 30.1 Å². The van der Waals surface area contributed by atoms with E-state index in [2.05, 4.69) is 39.3 Å². The van der Waals surface area contributed by atoms with Crippen LogP contribution in [0.4, 0.5) is 11.4 Å². The van der Waals surface area contributed by atoms with E-state index in [1.165, 1.54) is 18.4 Å². The van der Waals surface area contributed by atoms with Crippen molar-refractivity contribution in [2.75, 3.05) is 24.3 Å². The van der Waals surface area contributed by atoms with Crippen LogP contribution >= 0.6 is 11.9 Å². The van der Waals surface area contributed by atoms with Crippen LogP contribution in [0, 0.1) is 0 Å². The van der Waals surface area contributed by atoms with Crippen LogP contribution in [0.3, 0.4) is 0 Å². The monoisotopic (exact) mass is 381 g/mol. The number of nitrogens with one attached hydrogen (secondary N) is 2. The summed E-state index contributed by atoms with van der Waals surface area (Å²) in [7, 11) is 3.28. The fourth-order valence-electron chi connectivity index (χ4n) is 2.85. The lowest BCUT2D eigenvalue weighted by atomic mass is 10.1. The molecule has 0 unspecified atom stereocenters. The fourth-order valence-corrected chi connectivity index (χ4v) is 3.66. The Bertz CT molecular complexity index is 927. The number of pyridine rings is 1. The Morgan fingerprint density at radius 1 is 1.04 bits per heavy atom. The van der Waals surface area contributed by atoms with E-state index in [0.29, 0.717) is 11.5 Å². The molecule has 2 aromatic carbocycles.